The number of halogens is 1. The predicted molar refractivity (Wildman–Crippen MR) is 78.3 cm³/mol. The summed E-state index contributed by atoms with van der Waals surface area (Å²) in [7, 11) is 2.02. The Morgan fingerprint density at radius 2 is 1.95 bits per heavy atom. The van der Waals surface area contributed by atoms with Crippen LogP contribution in [0, 0.1) is 5.82 Å². The lowest BCUT2D eigenvalue weighted by Crippen LogP contribution is -2.20. The molecular weight excluding hydrogens is 269 g/mol. The third-order valence-electron chi connectivity index (χ3n) is 3.49. The predicted octanol–water partition coefficient (Wildman–Crippen LogP) is 3.32. The van der Waals surface area contributed by atoms with Gasteiger partial charge in [-0.15, -0.1) is 0 Å². The van der Waals surface area contributed by atoms with Crippen LogP contribution in [-0.4, -0.2) is 18.7 Å². The number of ether oxygens (including phenoxy) is 2. The summed E-state index contributed by atoms with van der Waals surface area (Å²) in [4.78, 5) is 2.14. The first-order chi connectivity index (χ1) is 10.2. The van der Waals surface area contributed by atoms with Crippen molar-refractivity contribution in [3.63, 3.8) is 0 Å². The standard InChI is InChI=1S/C17H18FNO2/c1-19(9-13-5-3-2-4-6-13)10-14-7-16(18)8-15-11-20-12-21-17(14)15/h2-8H,9-12H2,1H3. The lowest BCUT2D eigenvalue weighted by atomic mass is 10.1. The summed E-state index contributed by atoms with van der Waals surface area (Å²) in [6.07, 6.45) is 0. The molecule has 2 aromatic rings. The molecule has 4 heteroatoms. The van der Waals surface area contributed by atoms with Crippen molar-refractivity contribution in [1.82, 2.24) is 4.90 Å². The van der Waals surface area contributed by atoms with Crippen LogP contribution >= 0.6 is 0 Å². The second kappa shape index (κ2) is 6.24. The monoisotopic (exact) mass is 287 g/mol. The van der Waals surface area contributed by atoms with Gasteiger partial charge in [0.05, 0.1) is 6.61 Å². The molecule has 0 spiro atoms. The van der Waals surface area contributed by atoms with Gasteiger partial charge in [0.2, 0.25) is 0 Å². The maximum Gasteiger partial charge on any atom is 0.189 e. The van der Waals surface area contributed by atoms with Gasteiger partial charge in [-0.2, -0.15) is 0 Å². The molecule has 0 atom stereocenters. The summed E-state index contributed by atoms with van der Waals surface area (Å²) in [5.74, 6) is 0.522. The molecule has 0 bridgehead atoms. The quantitative estimate of drug-likeness (QED) is 0.861. The normalized spacial score (nSPS) is 13.9. The average Bonchev–Trinajstić information content (AvgIpc) is 2.48. The topological polar surface area (TPSA) is 21.7 Å². The highest BCUT2D eigenvalue weighted by Gasteiger charge is 2.17. The van der Waals surface area contributed by atoms with E-state index in [1.54, 1.807) is 6.07 Å². The maximum atomic E-state index is 13.7. The van der Waals surface area contributed by atoms with Crippen LogP contribution in [0.4, 0.5) is 4.39 Å². The minimum absolute atomic E-state index is 0.230. The first-order valence-corrected chi connectivity index (χ1v) is 6.96. The zero-order valence-electron chi connectivity index (χ0n) is 12.0. The fourth-order valence-electron chi connectivity index (χ4n) is 2.62. The first-order valence-electron chi connectivity index (χ1n) is 6.96. The fraction of sp³-hybridized carbons (Fsp3) is 0.294. The number of hydrogen-bond acceptors (Lipinski definition) is 3. The summed E-state index contributed by atoms with van der Waals surface area (Å²) in [6, 6.07) is 13.2. The molecule has 0 N–H and O–H groups in total. The van der Waals surface area contributed by atoms with Crippen LogP contribution in [0.15, 0.2) is 42.5 Å². The van der Waals surface area contributed by atoms with Gasteiger partial charge in [-0.3, -0.25) is 4.90 Å². The van der Waals surface area contributed by atoms with E-state index in [0.29, 0.717) is 13.2 Å². The minimum atomic E-state index is -0.244. The number of benzene rings is 2. The fourth-order valence-corrected chi connectivity index (χ4v) is 2.62. The number of rotatable bonds is 4. The molecule has 21 heavy (non-hydrogen) atoms. The minimum Gasteiger partial charge on any atom is -0.467 e. The zero-order valence-corrected chi connectivity index (χ0v) is 12.0. The van der Waals surface area contributed by atoms with E-state index in [9.17, 15) is 4.39 Å². The van der Waals surface area contributed by atoms with Crippen LogP contribution < -0.4 is 4.74 Å². The molecular formula is C17H18FNO2. The van der Waals surface area contributed by atoms with Gasteiger partial charge in [-0.1, -0.05) is 30.3 Å². The molecule has 0 aromatic heterocycles. The van der Waals surface area contributed by atoms with Crippen molar-refractivity contribution >= 4 is 0 Å². The summed E-state index contributed by atoms with van der Waals surface area (Å²) in [5.41, 5.74) is 2.88. The summed E-state index contributed by atoms with van der Waals surface area (Å²) < 4.78 is 24.5. The van der Waals surface area contributed by atoms with E-state index < -0.39 is 0 Å². The Morgan fingerprint density at radius 1 is 1.14 bits per heavy atom. The maximum absolute atomic E-state index is 13.7. The Kier molecular flexibility index (Phi) is 4.18. The second-order valence-corrected chi connectivity index (χ2v) is 5.32. The molecule has 0 saturated carbocycles. The zero-order chi connectivity index (χ0) is 14.7. The summed E-state index contributed by atoms with van der Waals surface area (Å²) in [5, 5.41) is 0. The van der Waals surface area contributed by atoms with E-state index in [4.69, 9.17) is 9.47 Å². The van der Waals surface area contributed by atoms with Gasteiger partial charge in [0.15, 0.2) is 6.79 Å². The lowest BCUT2D eigenvalue weighted by Gasteiger charge is -2.23. The Labute approximate surface area is 123 Å². The van der Waals surface area contributed by atoms with Gasteiger partial charge in [-0.25, -0.2) is 4.39 Å². The molecule has 3 nitrogen and oxygen atoms in total. The van der Waals surface area contributed by atoms with Crippen LogP contribution in [0.25, 0.3) is 0 Å². The molecule has 2 aromatic carbocycles. The molecule has 0 saturated heterocycles. The Balaban J connectivity index is 1.76. The molecule has 110 valence electrons. The van der Waals surface area contributed by atoms with Gasteiger partial charge in [0, 0.05) is 24.2 Å². The molecule has 1 aliphatic heterocycles. The van der Waals surface area contributed by atoms with Crippen molar-refractivity contribution in [1.29, 1.82) is 0 Å². The highest BCUT2D eigenvalue weighted by atomic mass is 19.1. The molecule has 1 aliphatic rings. The van der Waals surface area contributed by atoms with Crippen molar-refractivity contribution in [2.75, 3.05) is 13.8 Å². The van der Waals surface area contributed by atoms with E-state index in [0.717, 1.165) is 23.4 Å². The van der Waals surface area contributed by atoms with Crippen LogP contribution in [0.3, 0.4) is 0 Å². The third kappa shape index (κ3) is 3.40. The van der Waals surface area contributed by atoms with E-state index in [1.807, 2.05) is 25.2 Å². The van der Waals surface area contributed by atoms with Crippen LogP contribution in [0.1, 0.15) is 16.7 Å². The Hall–Kier alpha value is -1.91. The lowest BCUT2D eigenvalue weighted by molar-refractivity contribution is -0.0176. The van der Waals surface area contributed by atoms with Crippen molar-refractivity contribution in [3.05, 3.63) is 65.0 Å². The van der Waals surface area contributed by atoms with Gasteiger partial charge >= 0.3 is 0 Å². The van der Waals surface area contributed by atoms with E-state index >= 15 is 0 Å². The molecule has 0 fully saturated rings. The second-order valence-electron chi connectivity index (χ2n) is 5.32. The molecule has 1 heterocycles. The smallest absolute Gasteiger partial charge is 0.189 e. The highest BCUT2D eigenvalue weighted by molar-refractivity contribution is 5.42. The summed E-state index contributed by atoms with van der Waals surface area (Å²) in [6.45, 7) is 2.08. The third-order valence-corrected chi connectivity index (χ3v) is 3.49. The molecule has 0 unspecified atom stereocenters. The number of nitrogens with zero attached hydrogens (tertiary/aromatic N) is 1. The van der Waals surface area contributed by atoms with E-state index in [1.165, 1.54) is 11.6 Å². The number of hydrogen-bond donors (Lipinski definition) is 0. The van der Waals surface area contributed by atoms with Crippen LogP contribution in [0.2, 0.25) is 0 Å². The number of fused-ring (bicyclic) bond motifs is 1. The van der Waals surface area contributed by atoms with E-state index in [2.05, 4.69) is 17.0 Å². The van der Waals surface area contributed by atoms with Crippen molar-refractivity contribution in [3.8, 4) is 5.75 Å². The van der Waals surface area contributed by atoms with Crippen molar-refractivity contribution < 1.29 is 13.9 Å². The van der Waals surface area contributed by atoms with E-state index in [-0.39, 0.29) is 12.6 Å². The Bertz CT molecular complexity index is 616. The largest absolute Gasteiger partial charge is 0.467 e. The molecule has 0 amide bonds. The Morgan fingerprint density at radius 3 is 2.76 bits per heavy atom. The van der Waals surface area contributed by atoms with Crippen LogP contribution in [-0.2, 0) is 24.4 Å². The molecule has 0 radical (unpaired) electrons. The SMILES string of the molecule is CN(Cc1ccccc1)Cc1cc(F)cc2c1OCOC2. The van der Waals surface area contributed by atoms with Crippen molar-refractivity contribution in [2.45, 2.75) is 19.7 Å². The van der Waals surface area contributed by atoms with Gasteiger partial charge in [0.25, 0.3) is 0 Å². The average molecular weight is 287 g/mol. The molecule has 0 aliphatic carbocycles. The van der Waals surface area contributed by atoms with Gasteiger partial charge in [0.1, 0.15) is 11.6 Å². The summed E-state index contributed by atoms with van der Waals surface area (Å²) >= 11 is 0. The van der Waals surface area contributed by atoms with Gasteiger partial charge < -0.3 is 9.47 Å². The van der Waals surface area contributed by atoms with Crippen molar-refractivity contribution in [2.24, 2.45) is 0 Å². The first kappa shape index (κ1) is 14.0. The highest BCUT2D eigenvalue weighted by Crippen LogP contribution is 2.30. The van der Waals surface area contributed by atoms with Crippen LogP contribution in [0.5, 0.6) is 5.75 Å². The molecule has 3 rings (SSSR count). The van der Waals surface area contributed by atoms with Gasteiger partial charge in [-0.05, 0) is 24.7 Å².